The van der Waals surface area contributed by atoms with Gasteiger partial charge in [0.2, 0.25) is 5.91 Å². The first-order valence-corrected chi connectivity index (χ1v) is 9.14. The van der Waals surface area contributed by atoms with Crippen molar-refractivity contribution in [3.05, 3.63) is 70.2 Å². The average Bonchev–Trinajstić information content (AvgIpc) is 3.21. The Morgan fingerprint density at radius 2 is 2.00 bits per heavy atom. The molecule has 124 valence electrons. The number of benzene rings is 2. The number of hydrogen-bond acceptors (Lipinski definition) is 1. The van der Waals surface area contributed by atoms with Crippen LogP contribution in [-0.4, -0.2) is 17.4 Å². The summed E-state index contributed by atoms with van der Waals surface area (Å²) in [5.41, 5.74) is 3.66. The second-order valence-electron chi connectivity index (χ2n) is 7.07. The molecule has 3 heteroatoms. The van der Waals surface area contributed by atoms with Crippen LogP contribution in [-0.2, 0) is 4.79 Å². The maximum atomic E-state index is 13.1. The largest absolute Gasteiger partial charge is 0.335 e. The van der Waals surface area contributed by atoms with Crippen molar-refractivity contribution in [3.63, 3.8) is 0 Å². The van der Waals surface area contributed by atoms with Crippen molar-refractivity contribution in [2.45, 2.75) is 38.1 Å². The first kappa shape index (κ1) is 15.7. The van der Waals surface area contributed by atoms with Crippen molar-refractivity contribution in [2.24, 2.45) is 5.92 Å². The first-order chi connectivity index (χ1) is 11.6. The Morgan fingerprint density at radius 3 is 2.79 bits per heavy atom. The standard InChI is InChI=1S/C21H22ClNO/c1-14-6-4-7-15(12-14)20-10-5-11-23(20)21(24)18-13-17(18)16-8-2-3-9-19(16)22/h2-4,6-9,12,17-18,20H,5,10-11,13H2,1H3. The van der Waals surface area contributed by atoms with Gasteiger partial charge in [0, 0.05) is 17.5 Å². The van der Waals surface area contributed by atoms with Gasteiger partial charge in [0.15, 0.2) is 0 Å². The summed E-state index contributed by atoms with van der Waals surface area (Å²) in [6.45, 7) is 2.99. The Hall–Kier alpha value is -1.80. The van der Waals surface area contributed by atoms with E-state index in [1.54, 1.807) is 0 Å². The number of nitrogens with zero attached hydrogens (tertiary/aromatic N) is 1. The molecule has 0 radical (unpaired) electrons. The highest BCUT2D eigenvalue weighted by Gasteiger charge is 2.48. The molecule has 0 aromatic heterocycles. The molecule has 2 aliphatic rings. The molecule has 0 spiro atoms. The summed E-state index contributed by atoms with van der Waals surface area (Å²) in [4.78, 5) is 15.2. The van der Waals surface area contributed by atoms with Crippen LogP contribution < -0.4 is 0 Å². The highest BCUT2D eigenvalue weighted by molar-refractivity contribution is 6.31. The number of halogens is 1. The molecule has 2 fully saturated rings. The number of hydrogen-bond donors (Lipinski definition) is 0. The molecule has 1 aliphatic heterocycles. The highest BCUT2D eigenvalue weighted by atomic mass is 35.5. The summed E-state index contributed by atoms with van der Waals surface area (Å²) in [5, 5.41) is 0.787. The summed E-state index contributed by atoms with van der Waals surface area (Å²) >= 11 is 6.31. The SMILES string of the molecule is Cc1cccc(C2CCCN2C(=O)C2CC2c2ccccc2Cl)c1. The molecule has 3 atom stereocenters. The minimum absolute atomic E-state index is 0.107. The van der Waals surface area contributed by atoms with Gasteiger partial charge in [-0.05, 0) is 49.3 Å². The van der Waals surface area contributed by atoms with Crippen molar-refractivity contribution in [1.29, 1.82) is 0 Å². The number of carbonyl (C=O) groups excluding carboxylic acids is 1. The summed E-state index contributed by atoms with van der Waals surface area (Å²) in [5.74, 6) is 0.712. The average molecular weight is 340 g/mol. The van der Waals surface area contributed by atoms with Crippen molar-refractivity contribution in [2.75, 3.05) is 6.54 Å². The Balaban J connectivity index is 1.52. The summed E-state index contributed by atoms with van der Waals surface area (Å²) in [6, 6.07) is 16.7. The van der Waals surface area contributed by atoms with Crippen LogP contribution in [0.4, 0.5) is 0 Å². The van der Waals surface area contributed by atoms with Gasteiger partial charge < -0.3 is 4.90 Å². The molecule has 1 amide bonds. The number of likely N-dealkylation sites (tertiary alicyclic amines) is 1. The molecule has 0 bridgehead atoms. The number of carbonyl (C=O) groups is 1. The van der Waals surface area contributed by atoms with Crippen LogP contribution in [0.1, 0.15) is 47.9 Å². The minimum atomic E-state index is 0.107. The molecular weight excluding hydrogens is 318 g/mol. The molecule has 1 saturated carbocycles. The highest BCUT2D eigenvalue weighted by Crippen LogP contribution is 2.51. The maximum Gasteiger partial charge on any atom is 0.226 e. The minimum Gasteiger partial charge on any atom is -0.335 e. The molecule has 2 nitrogen and oxygen atoms in total. The molecule has 1 saturated heterocycles. The van der Waals surface area contributed by atoms with E-state index in [9.17, 15) is 4.79 Å². The van der Waals surface area contributed by atoms with Gasteiger partial charge in [-0.3, -0.25) is 4.79 Å². The molecular formula is C21H22ClNO. The third kappa shape index (κ3) is 2.84. The normalized spacial score (nSPS) is 25.8. The summed E-state index contributed by atoms with van der Waals surface area (Å²) in [7, 11) is 0. The van der Waals surface area contributed by atoms with E-state index in [1.165, 1.54) is 11.1 Å². The fourth-order valence-electron chi connectivity index (χ4n) is 4.05. The number of rotatable bonds is 3. The van der Waals surface area contributed by atoms with Gasteiger partial charge in [-0.1, -0.05) is 59.6 Å². The molecule has 4 rings (SSSR count). The molecule has 1 heterocycles. The number of amides is 1. The van der Waals surface area contributed by atoms with Crippen molar-refractivity contribution >= 4 is 17.5 Å². The Morgan fingerprint density at radius 1 is 1.17 bits per heavy atom. The van der Waals surface area contributed by atoms with Crippen molar-refractivity contribution in [3.8, 4) is 0 Å². The lowest BCUT2D eigenvalue weighted by Gasteiger charge is -2.25. The Bertz CT molecular complexity index is 772. The van der Waals surface area contributed by atoms with Gasteiger partial charge in [0.25, 0.3) is 0 Å². The zero-order valence-electron chi connectivity index (χ0n) is 13.9. The van der Waals surface area contributed by atoms with E-state index >= 15 is 0 Å². The third-order valence-corrected chi connectivity index (χ3v) is 5.72. The number of aryl methyl sites for hydroxylation is 1. The van der Waals surface area contributed by atoms with Crippen LogP contribution in [0.3, 0.4) is 0 Å². The van der Waals surface area contributed by atoms with Gasteiger partial charge in [-0.15, -0.1) is 0 Å². The molecule has 3 unspecified atom stereocenters. The lowest BCUT2D eigenvalue weighted by Crippen LogP contribution is -2.32. The Labute approximate surface area is 148 Å². The van der Waals surface area contributed by atoms with Gasteiger partial charge >= 0.3 is 0 Å². The van der Waals surface area contributed by atoms with Crippen LogP contribution in [0.25, 0.3) is 0 Å². The van der Waals surface area contributed by atoms with E-state index in [0.717, 1.165) is 36.4 Å². The van der Waals surface area contributed by atoms with Crippen LogP contribution in [0.15, 0.2) is 48.5 Å². The van der Waals surface area contributed by atoms with Gasteiger partial charge in [-0.25, -0.2) is 0 Å². The lowest BCUT2D eigenvalue weighted by molar-refractivity contribution is -0.133. The molecule has 24 heavy (non-hydrogen) atoms. The smallest absolute Gasteiger partial charge is 0.226 e. The second kappa shape index (κ2) is 6.25. The fourth-order valence-corrected chi connectivity index (χ4v) is 4.33. The maximum absolute atomic E-state index is 13.1. The zero-order chi connectivity index (χ0) is 16.7. The predicted octanol–water partition coefficient (Wildman–Crippen LogP) is 5.12. The monoisotopic (exact) mass is 339 g/mol. The predicted molar refractivity (Wildman–Crippen MR) is 97.2 cm³/mol. The van der Waals surface area contributed by atoms with Crippen molar-refractivity contribution < 1.29 is 4.79 Å². The van der Waals surface area contributed by atoms with E-state index in [0.29, 0.717) is 11.8 Å². The van der Waals surface area contributed by atoms with E-state index in [-0.39, 0.29) is 12.0 Å². The van der Waals surface area contributed by atoms with Crippen LogP contribution >= 0.6 is 11.6 Å². The Kier molecular flexibility index (Phi) is 4.09. The van der Waals surface area contributed by atoms with Crippen LogP contribution in [0.2, 0.25) is 5.02 Å². The third-order valence-electron chi connectivity index (χ3n) is 5.38. The quantitative estimate of drug-likeness (QED) is 0.760. The topological polar surface area (TPSA) is 20.3 Å². The lowest BCUT2D eigenvalue weighted by atomic mass is 10.0. The van der Waals surface area contributed by atoms with E-state index in [4.69, 9.17) is 11.6 Å². The molecule has 0 N–H and O–H groups in total. The van der Waals surface area contributed by atoms with Crippen LogP contribution in [0, 0.1) is 12.8 Å². The van der Waals surface area contributed by atoms with Gasteiger partial charge in [0.1, 0.15) is 0 Å². The second-order valence-corrected chi connectivity index (χ2v) is 7.48. The van der Waals surface area contributed by atoms with E-state index in [1.807, 2.05) is 18.2 Å². The zero-order valence-corrected chi connectivity index (χ0v) is 14.7. The summed E-state index contributed by atoms with van der Waals surface area (Å²) < 4.78 is 0. The molecule has 2 aromatic rings. The van der Waals surface area contributed by atoms with Gasteiger partial charge in [-0.2, -0.15) is 0 Å². The first-order valence-electron chi connectivity index (χ1n) is 8.76. The molecule has 1 aliphatic carbocycles. The van der Waals surface area contributed by atoms with Gasteiger partial charge in [0.05, 0.1) is 6.04 Å². The van der Waals surface area contributed by atoms with Crippen LogP contribution in [0.5, 0.6) is 0 Å². The van der Waals surface area contributed by atoms with E-state index < -0.39 is 0 Å². The van der Waals surface area contributed by atoms with E-state index in [2.05, 4.69) is 42.2 Å². The fraction of sp³-hybridized carbons (Fsp3) is 0.381. The van der Waals surface area contributed by atoms with Crippen molar-refractivity contribution in [1.82, 2.24) is 4.90 Å². The summed E-state index contributed by atoms with van der Waals surface area (Å²) in [6.07, 6.45) is 3.09. The molecule has 2 aromatic carbocycles.